The number of nitrogens with zero attached hydrogens (tertiary/aromatic N) is 2. The van der Waals surface area contributed by atoms with Crippen molar-refractivity contribution in [2.45, 2.75) is 12.8 Å². The molecule has 0 aliphatic heterocycles. The molecule has 0 spiro atoms. The highest BCUT2D eigenvalue weighted by molar-refractivity contribution is 5.48. The van der Waals surface area contributed by atoms with E-state index in [1.54, 1.807) is 24.5 Å². The van der Waals surface area contributed by atoms with E-state index in [-0.39, 0.29) is 5.82 Å². The third kappa shape index (κ3) is 4.03. The van der Waals surface area contributed by atoms with E-state index in [0.29, 0.717) is 13.0 Å². The molecule has 20 heavy (non-hydrogen) atoms. The van der Waals surface area contributed by atoms with E-state index in [9.17, 15) is 4.39 Å². The first-order chi connectivity index (χ1) is 9.69. The lowest BCUT2D eigenvalue weighted by molar-refractivity contribution is 0.624. The van der Waals surface area contributed by atoms with Gasteiger partial charge in [0.1, 0.15) is 5.82 Å². The van der Waals surface area contributed by atoms with Gasteiger partial charge in [-0.2, -0.15) is 0 Å². The van der Waals surface area contributed by atoms with E-state index >= 15 is 0 Å². The number of hydrogen-bond acceptors (Lipinski definition) is 3. The predicted octanol–water partition coefficient (Wildman–Crippen LogP) is 2.40. The fraction of sp³-hybridized carbons (Fsp3) is 0.312. The molecule has 1 aromatic carbocycles. The van der Waals surface area contributed by atoms with Crippen LogP contribution in [0.2, 0.25) is 0 Å². The Morgan fingerprint density at radius 1 is 1.10 bits per heavy atom. The third-order valence-electron chi connectivity index (χ3n) is 3.30. The van der Waals surface area contributed by atoms with E-state index in [1.807, 2.05) is 25.2 Å². The molecule has 0 fully saturated rings. The molecule has 0 saturated carbocycles. The highest BCUT2D eigenvalue weighted by Crippen LogP contribution is 2.18. The number of likely N-dealkylation sites (N-methyl/N-ethyl adjacent to an activating group) is 1. The average molecular weight is 273 g/mol. The molecule has 0 aliphatic rings. The molecule has 2 aromatic rings. The lowest BCUT2D eigenvalue weighted by atomic mass is 10.1. The van der Waals surface area contributed by atoms with Gasteiger partial charge >= 0.3 is 0 Å². The van der Waals surface area contributed by atoms with Crippen molar-refractivity contribution in [1.29, 1.82) is 0 Å². The van der Waals surface area contributed by atoms with Crippen LogP contribution in [0.25, 0.3) is 0 Å². The summed E-state index contributed by atoms with van der Waals surface area (Å²) in [5.41, 5.74) is 8.59. The molecule has 0 bridgehead atoms. The van der Waals surface area contributed by atoms with E-state index < -0.39 is 0 Å². The minimum absolute atomic E-state index is 0.207. The van der Waals surface area contributed by atoms with Crippen LogP contribution in [0.3, 0.4) is 0 Å². The Balaban J connectivity index is 2.03. The Hall–Kier alpha value is -1.94. The van der Waals surface area contributed by atoms with Gasteiger partial charge in [-0.1, -0.05) is 0 Å². The van der Waals surface area contributed by atoms with Gasteiger partial charge in [0.25, 0.3) is 0 Å². The second-order valence-electron chi connectivity index (χ2n) is 4.88. The maximum atomic E-state index is 13.6. The molecule has 106 valence electrons. The molecule has 0 radical (unpaired) electrons. The van der Waals surface area contributed by atoms with Gasteiger partial charge in [0.2, 0.25) is 0 Å². The summed E-state index contributed by atoms with van der Waals surface area (Å²) in [6.07, 6.45) is 5.18. The summed E-state index contributed by atoms with van der Waals surface area (Å²) in [5, 5.41) is 0. The number of aromatic nitrogens is 1. The minimum atomic E-state index is -0.207. The molecule has 0 saturated heterocycles. The van der Waals surface area contributed by atoms with Gasteiger partial charge in [-0.3, -0.25) is 4.98 Å². The van der Waals surface area contributed by atoms with E-state index in [1.165, 1.54) is 5.56 Å². The zero-order chi connectivity index (χ0) is 14.4. The standard InChI is InChI=1S/C16H20FN3/c1-20(9-5-13-3-7-19-8-4-13)16-11-14(2-6-18)10-15(17)12-16/h3-4,7-8,10-12H,2,5-6,9,18H2,1H3. The van der Waals surface area contributed by atoms with Gasteiger partial charge in [0.15, 0.2) is 0 Å². The lowest BCUT2D eigenvalue weighted by Crippen LogP contribution is -2.20. The molecular formula is C16H20FN3. The van der Waals surface area contributed by atoms with Crippen molar-refractivity contribution < 1.29 is 4.39 Å². The van der Waals surface area contributed by atoms with Gasteiger partial charge < -0.3 is 10.6 Å². The highest BCUT2D eigenvalue weighted by Gasteiger charge is 2.05. The van der Waals surface area contributed by atoms with Gasteiger partial charge in [-0.15, -0.1) is 0 Å². The van der Waals surface area contributed by atoms with Crippen LogP contribution in [0.15, 0.2) is 42.7 Å². The van der Waals surface area contributed by atoms with Crippen LogP contribution < -0.4 is 10.6 Å². The van der Waals surface area contributed by atoms with Crippen molar-refractivity contribution in [3.05, 3.63) is 59.7 Å². The van der Waals surface area contributed by atoms with Gasteiger partial charge in [-0.05, 0) is 60.8 Å². The lowest BCUT2D eigenvalue weighted by Gasteiger charge is -2.20. The van der Waals surface area contributed by atoms with E-state index in [4.69, 9.17) is 5.73 Å². The summed E-state index contributed by atoms with van der Waals surface area (Å²) in [4.78, 5) is 6.06. The van der Waals surface area contributed by atoms with Crippen molar-refractivity contribution >= 4 is 5.69 Å². The van der Waals surface area contributed by atoms with Crippen molar-refractivity contribution in [3.8, 4) is 0 Å². The number of anilines is 1. The van der Waals surface area contributed by atoms with Crippen molar-refractivity contribution in [2.24, 2.45) is 5.73 Å². The van der Waals surface area contributed by atoms with Crippen molar-refractivity contribution in [3.63, 3.8) is 0 Å². The summed E-state index contributed by atoms with van der Waals surface area (Å²) in [6, 6.07) is 9.11. The van der Waals surface area contributed by atoms with Crippen LogP contribution in [0.4, 0.5) is 10.1 Å². The van der Waals surface area contributed by atoms with Crippen LogP contribution in [0.5, 0.6) is 0 Å². The molecule has 2 rings (SSSR count). The largest absolute Gasteiger partial charge is 0.374 e. The van der Waals surface area contributed by atoms with Crippen molar-refractivity contribution in [2.75, 3.05) is 25.0 Å². The van der Waals surface area contributed by atoms with Gasteiger partial charge in [-0.25, -0.2) is 4.39 Å². The summed E-state index contributed by atoms with van der Waals surface area (Å²) in [5.74, 6) is -0.207. The monoisotopic (exact) mass is 273 g/mol. The molecule has 0 aliphatic carbocycles. The number of benzene rings is 1. The molecule has 4 heteroatoms. The van der Waals surface area contributed by atoms with Gasteiger partial charge in [0, 0.05) is 31.7 Å². The summed E-state index contributed by atoms with van der Waals surface area (Å²) in [7, 11) is 1.97. The Morgan fingerprint density at radius 3 is 2.55 bits per heavy atom. The zero-order valence-electron chi connectivity index (χ0n) is 11.7. The molecule has 1 heterocycles. The first-order valence-electron chi connectivity index (χ1n) is 6.78. The average Bonchev–Trinajstić information content (AvgIpc) is 2.45. The molecule has 3 nitrogen and oxygen atoms in total. The van der Waals surface area contributed by atoms with Crippen LogP contribution in [-0.2, 0) is 12.8 Å². The van der Waals surface area contributed by atoms with Crippen LogP contribution in [0.1, 0.15) is 11.1 Å². The number of halogens is 1. The summed E-state index contributed by atoms with van der Waals surface area (Å²) >= 11 is 0. The Morgan fingerprint density at radius 2 is 1.85 bits per heavy atom. The Bertz CT molecular complexity index is 543. The smallest absolute Gasteiger partial charge is 0.125 e. The number of nitrogens with two attached hydrogens (primary N) is 1. The second-order valence-corrected chi connectivity index (χ2v) is 4.88. The molecule has 2 N–H and O–H groups in total. The number of hydrogen-bond donors (Lipinski definition) is 1. The maximum Gasteiger partial charge on any atom is 0.125 e. The second kappa shape index (κ2) is 7.01. The fourth-order valence-corrected chi connectivity index (χ4v) is 2.14. The van der Waals surface area contributed by atoms with Crippen LogP contribution in [-0.4, -0.2) is 25.1 Å². The predicted molar refractivity (Wildman–Crippen MR) is 80.4 cm³/mol. The van der Waals surface area contributed by atoms with Gasteiger partial charge in [0.05, 0.1) is 0 Å². The van der Waals surface area contributed by atoms with Crippen molar-refractivity contribution in [1.82, 2.24) is 4.98 Å². The fourth-order valence-electron chi connectivity index (χ4n) is 2.14. The molecular weight excluding hydrogens is 253 g/mol. The first kappa shape index (κ1) is 14.5. The molecule has 0 atom stereocenters. The van der Waals surface area contributed by atoms with Crippen LogP contribution >= 0.6 is 0 Å². The number of rotatable bonds is 6. The molecule has 1 aromatic heterocycles. The summed E-state index contributed by atoms with van der Waals surface area (Å²) in [6.45, 7) is 1.36. The van der Waals surface area contributed by atoms with Crippen LogP contribution in [0, 0.1) is 5.82 Å². The SMILES string of the molecule is CN(CCc1ccncc1)c1cc(F)cc(CCN)c1. The number of pyridine rings is 1. The normalized spacial score (nSPS) is 10.6. The zero-order valence-corrected chi connectivity index (χ0v) is 11.7. The highest BCUT2D eigenvalue weighted by atomic mass is 19.1. The Kier molecular flexibility index (Phi) is 5.07. The Labute approximate surface area is 119 Å². The topological polar surface area (TPSA) is 42.2 Å². The summed E-state index contributed by atoms with van der Waals surface area (Å²) < 4.78 is 13.6. The van der Waals surface area contributed by atoms with E-state index in [2.05, 4.69) is 9.88 Å². The van der Waals surface area contributed by atoms with E-state index in [0.717, 1.165) is 24.2 Å². The molecule has 0 amide bonds. The minimum Gasteiger partial charge on any atom is -0.374 e. The quantitative estimate of drug-likeness (QED) is 0.879. The maximum absolute atomic E-state index is 13.6. The first-order valence-corrected chi connectivity index (χ1v) is 6.78. The third-order valence-corrected chi connectivity index (χ3v) is 3.30. The molecule has 0 unspecified atom stereocenters.